The van der Waals surface area contributed by atoms with E-state index in [9.17, 15) is 24.3 Å². The molecule has 1 aromatic heterocycles. The molecule has 3 rings (SSSR count). The molecule has 0 radical (unpaired) electrons. The van der Waals surface area contributed by atoms with E-state index in [0.29, 0.717) is 17.7 Å². The van der Waals surface area contributed by atoms with Gasteiger partial charge in [0.15, 0.2) is 10.8 Å². The van der Waals surface area contributed by atoms with Crippen molar-refractivity contribution in [3.8, 4) is 6.07 Å². The van der Waals surface area contributed by atoms with Crippen LogP contribution in [0, 0.1) is 11.3 Å². The molecule has 0 aromatic carbocycles. The maximum Gasteiger partial charge on any atom is 0.352 e. The fourth-order valence-electron chi connectivity index (χ4n) is 2.84. The Labute approximate surface area is 183 Å². The molecule has 12 nitrogen and oxygen atoms in total. The second kappa shape index (κ2) is 9.41. The number of oxime groups is 1. The Balaban J connectivity index is 1.80. The van der Waals surface area contributed by atoms with E-state index in [1.54, 1.807) is 6.07 Å². The highest BCUT2D eigenvalue weighted by Gasteiger charge is 2.54. The zero-order chi connectivity index (χ0) is 22.5. The van der Waals surface area contributed by atoms with Crippen LogP contribution in [0.4, 0.5) is 5.13 Å². The molecule has 0 bridgehead atoms. The number of carbonyl (C=O) groups excluding carboxylic acids is 3. The van der Waals surface area contributed by atoms with E-state index in [0.717, 1.165) is 16.2 Å². The lowest BCUT2D eigenvalue weighted by atomic mass is 10.0. The molecule has 1 aromatic rings. The van der Waals surface area contributed by atoms with Crippen molar-refractivity contribution in [2.24, 2.45) is 5.16 Å². The molecule has 2 aliphatic rings. The number of hydrogen-bond acceptors (Lipinski definition) is 10. The number of nitrogens with one attached hydrogen (secondary N) is 2. The predicted molar refractivity (Wildman–Crippen MR) is 110 cm³/mol. The van der Waals surface area contributed by atoms with Gasteiger partial charge in [-0.15, -0.1) is 23.1 Å². The molecule has 3 amide bonds. The summed E-state index contributed by atoms with van der Waals surface area (Å²) in [5.74, 6) is -2.36. The van der Waals surface area contributed by atoms with Crippen LogP contribution in [0.15, 0.2) is 34.5 Å². The highest BCUT2D eigenvalue weighted by molar-refractivity contribution is 8.00. The molecule has 1 saturated heterocycles. The SMILES string of the molecule is C=CC1=C(C(=O)O)N2C(=O)C(NC(=O)C(=NOCC#N)c3csc(NC=O)n3)[C@@H]2SC1. The monoisotopic (exact) mass is 462 g/mol. The number of aromatic nitrogens is 1. The maximum atomic E-state index is 12.8. The molecule has 14 heteroatoms. The fraction of sp³-hybridized carbons (Fsp3) is 0.235. The molecule has 31 heavy (non-hydrogen) atoms. The first-order valence-corrected chi connectivity index (χ1v) is 10.4. The number of carbonyl (C=O) groups is 4. The number of hydrogen-bond donors (Lipinski definition) is 3. The van der Waals surface area contributed by atoms with Gasteiger partial charge in [-0.25, -0.2) is 9.78 Å². The van der Waals surface area contributed by atoms with E-state index in [2.05, 4.69) is 27.4 Å². The van der Waals surface area contributed by atoms with Gasteiger partial charge in [0.1, 0.15) is 28.9 Å². The van der Waals surface area contributed by atoms with E-state index in [1.165, 1.54) is 23.2 Å². The van der Waals surface area contributed by atoms with Crippen molar-refractivity contribution in [3.63, 3.8) is 0 Å². The van der Waals surface area contributed by atoms with Crippen LogP contribution >= 0.6 is 23.1 Å². The molecule has 1 unspecified atom stereocenters. The van der Waals surface area contributed by atoms with Crippen LogP contribution in [0.1, 0.15) is 5.69 Å². The summed E-state index contributed by atoms with van der Waals surface area (Å²) in [6.45, 7) is 3.15. The third kappa shape index (κ3) is 4.27. The Bertz CT molecular complexity index is 1060. The van der Waals surface area contributed by atoms with Crippen molar-refractivity contribution >= 4 is 58.1 Å². The molecule has 0 saturated carbocycles. The smallest absolute Gasteiger partial charge is 0.352 e. The second-order valence-corrected chi connectivity index (χ2v) is 7.88. The van der Waals surface area contributed by atoms with Gasteiger partial charge in [-0.3, -0.25) is 19.3 Å². The van der Waals surface area contributed by atoms with Crippen molar-refractivity contribution < 1.29 is 29.1 Å². The number of amides is 3. The lowest BCUT2D eigenvalue weighted by molar-refractivity contribution is -0.150. The molecule has 3 N–H and O–H groups in total. The summed E-state index contributed by atoms with van der Waals surface area (Å²) in [5.41, 5.74) is 0.00403. The van der Waals surface area contributed by atoms with E-state index >= 15 is 0 Å². The molecule has 3 heterocycles. The van der Waals surface area contributed by atoms with Crippen molar-refractivity contribution in [2.45, 2.75) is 11.4 Å². The Morgan fingerprint density at radius 1 is 1.55 bits per heavy atom. The molecule has 160 valence electrons. The number of thioether (sulfide) groups is 1. The average molecular weight is 462 g/mol. The minimum atomic E-state index is -1.26. The third-order valence-electron chi connectivity index (χ3n) is 4.16. The molecule has 0 aliphatic carbocycles. The molecule has 2 aliphatic heterocycles. The quantitative estimate of drug-likeness (QED) is 0.149. The number of fused-ring (bicyclic) bond motifs is 1. The van der Waals surface area contributed by atoms with E-state index < -0.39 is 35.8 Å². The molecule has 1 fully saturated rings. The number of rotatable bonds is 9. The van der Waals surface area contributed by atoms with Crippen LogP contribution in [0.3, 0.4) is 0 Å². The third-order valence-corrected chi connectivity index (χ3v) is 6.24. The van der Waals surface area contributed by atoms with Crippen molar-refractivity contribution in [2.75, 3.05) is 17.7 Å². The number of thiazole rings is 1. The van der Waals surface area contributed by atoms with Crippen molar-refractivity contribution in [1.82, 2.24) is 15.2 Å². The van der Waals surface area contributed by atoms with Crippen LogP contribution in [0.2, 0.25) is 0 Å². The summed E-state index contributed by atoms with van der Waals surface area (Å²) >= 11 is 2.31. The summed E-state index contributed by atoms with van der Waals surface area (Å²) in [7, 11) is 0. The molecular formula is C17H14N6O6S2. The number of nitriles is 1. The highest BCUT2D eigenvalue weighted by Crippen LogP contribution is 2.40. The fourth-order valence-corrected chi connectivity index (χ4v) is 4.83. The topological polar surface area (TPSA) is 174 Å². The van der Waals surface area contributed by atoms with Gasteiger partial charge in [0.05, 0.1) is 0 Å². The lowest BCUT2D eigenvalue weighted by Crippen LogP contribution is -2.71. The Hall–Kier alpha value is -3.70. The van der Waals surface area contributed by atoms with Gasteiger partial charge in [0.2, 0.25) is 13.0 Å². The van der Waals surface area contributed by atoms with Crippen LogP contribution in [0.5, 0.6) is 0 Å². The van der Waals surface area contributed by atoms with Crippen LogP contribution < -0.4 is 10.6 Å². The standard InChI is InChI=1S/C17H14N6O6S2/c1-2-8-5-30-15-11(14(26)23(15)12(8)16(27)28)21-13(25)10(22-29-4-3-18)9-6-31-17(20-9)19-7-24/h2,6-7,11,15H,1,4-5H2,(H,21,25)(H,27,28)(H,19,20,24)/t11?,15-/m0/s1. The molecular weight excluding hydrogens is 448 g/mol. The first-order valence-electron chi connectivity index (χ1n) is 8.50. The van der Waals surface area contributed by atoms with Gasteiger partial charge in [-0.05, 0) is 5.57 Å². The van der Waals surface area contributed by atoms with E-state index in [-0.39, 0.29) is 22.2 Å². The van der Waals surface area contributed by atoms with Crippen molar-refractivity contribution in [1.29, 1.82) is 5.26 Å². The van der Waals surface area contributed by atoms with E-state index in [4.69, 9.17) is 10.1 Å². The van der Waals surface area contributed by atoms with Crippen molar-refractivity contribution in [3.05, 3.63) is 35.0 Å². The molecule has 2 atom stereocenters. The zero-order valence-electron chi connectivity index (χ0n) is 15.6. The van der Waals surface area contributed by atoms with Crippen LogP contribution in [-0.4, -0.2) is 68.7 Å². The Morgan fingerprint density at radius 2 is 2.32 bits per heavy atom. The predicted octanol–water partition coefficient (Wildman–Crippen LogP) is -0.120. The summed E-state index contributed by atoms with van der Waals surface area (Å²) in [6.07, 6.45) is 1.80. The normalized spacial score (nSPS) is 20.2. The highest BCUT2D eigenvalue weighted by atomic mass is 32.2. The van der Waals surface area contributed by atoms with Gasteiger partial charge in [-0.2, -0.15) is 5.26 Å². The number of nitrogens with zero attached hydrogens (tertiary/aromatic N) is 4. The number of aliphatic carboxylic acids is 1. The summed E-state index contributed by atoms with van der Waals surface area (Å²) < 4.78 is 0. The van der Waals surface area contributed by atoms with Gasteiger partial charge in [0, 0.05) is 11.1 Å². The van der Waals surface area contributed by atoms with Gasteiger partial charge in [0.25, 0.3) is 11.8 Å². The van der Waals surface area contributed by atoms with Crippen LogP contribution in [0.25, 0.3) is 0 Å². The van der Waals surface area contributed by atoms with Gasteiger partial charge < -0.3 is 20.6 Å². The first-order chi connectivity index (χ1) is 14.9. The largest absolute Gasteiger partial charge is 0.477 e. The Kier molecular flexibility index (Phi) is 6.68. The number of carboxylic acids is 1. The first kappa shape index (κ1) is 22.0. The second-order valence-electron chi connectivity index (χ2n) is 5.92. The van der Waals surface area contributed by atoms with Crippen LogP contribution in [-0.2, 0) is 24.0 Å². The minimum absolute atomic E-state index is 0.0600. The maximum absolute atomic E-state index is 12.8. The molecule has 0 spiro atoms. The zero-order valence-corrected chi connectivity index (χ0v) is 17.2. The van der Waals surface area contributed by atoms with E-state index in [1.807, 2.05) is 0 Å². The summed E-state index contributed by atoms with van der Waals surface area (Å²) in [4.78, 5) is 57.5. The number of carboxylic acid groups (broad SMARTS) is 1. The lowest BCUT2D eigenvalue weighted by Gasteiger charge is -2.49. The van der Waals surface area contributed by atoms with Gasteiger partial charge >= 0.3 is 5.97 Å². The van der Waals surface area contributed by atoms with Gasteiger partial charge in [-0.1, -0.05) is 17.8 Å². The minimum Gasteiger partial charge on any atom is -0.477 e. The summed E-state index contributed by atoms with van der Waals surface area (Å²) in [5, 5.41) is 27.6. The number of anilines is 1. The number of allylic oxidation sites excluding steroid dienone is 1. The average Bonchev–Trinajstić information content (AvgIpc) is 3.22. The summed E-state index contributed by atoms with van der Waals surface area (Å²) in [6, 6.07) is 0.706. The number of β-lactam (4-membered cyclic amide) rings is 1. The Morgan fingerprint density at radius 3 is 2.97 bits per heavy atom.